The zero-order valence-electron chi connectivity index (χ0n) is 6.69. The first kappa shape index (κ1) is 9.06. The lowest BCUT2D eigenvalue weighted by Crippen LogP contribution is -2.11. The normalized spacial score (nSPS) is 9.50. The average Bonchev–Trinajstić information content (AvgIpc) is 2.03. The van der Waals surface area contributed by atoms with Gasteiger partial charge in [-0.15, -0.1) is 0 Å². The lowest BCUT2D eigenvalue weighted by molar-refractivity contribution is 1.40. The molecule has 0 amide bonds. The Balaban J connectivity index is 3.12. The third-order valence-corrected chi connectivity index (χ3v) is 2.20. The van der Waals surface area contributed by atoms with Crippen molar-refractivity contribution in [2.75, 3.05) is 12.4 Å². The first-order valence-corrected chi connectivity index (χ1v) is 4.26. The van der Waals surface area contributed by atoms with Gasteiger partial charge in [0.15, 0.2) is 0 Å². The Morgan fingerprint density at radius 1 is 1.58 bits per heavy atom. The van der Waals surface area contributed by atoms with Crippen molar-refractivity contribution in [3.63, 3.8) is 0 Å². The van der Waals surface area contributed by atoms with E-state index in [1.165, 1.54) is 0 Å². The van der Waals surface area contributed by atoms with Crippen LogP contribution in [0.4, 0.5) is 5.69 Å². The molecule has 0 atom stereocenters. The van der Waals surface area contributed by atoms with Gasteiger partial charge in [-0.25, -0.2) is 0 Å². The molecule has 64 valence electrons. The van der Waals surface area contributed by atoms with Crippen molar-refractivity contribution in [2.45, 2.75) is 0 Å². The Kier molecular flexibility index (Phi) is 2.70. The van der Waals surface area contributed by atoms with E-state index in [-0.39, 0.29) is 5.84 Å². The summed E-state index contributed by atoms with van der Waals surface area (Å²) >= 11 is 3.33. The highest BCUT2D eigenvalue weighted by Gasteiger charge is 2.02. The number of halogens is 1. The highest BCUT2D eigenvalue weighted by molar-refractivity contribution is 9.10. The number of hydrogen-bond donors (Lipinski definition) is 3. The molecule has 0 spiro atoms. The zero-order valence-corrected chi connectivity index (χ0v) is 8.27. The molecule has 0 bridgehead atoms. The topological polar surface area (TPSA) is 61.9 Å². The number of nitrogens with two attached hydrogens (primary N) is 1. The van der Waals surface area contributed by atoms with Crippen molar-refractivity contribution in [3.05, 3.63) is 28.2 Å². The SMILES string of the molecule is CNc1ccc(C(=N)N)c(Br)c1. The van der Waals surface area contributed by atoms with Gasteiger partial charge in [0.1, 0.15) is 5.84 Å². The fourth-order valence-corrected chi connectivity index (χ4v) is 1.48. The maximum Gasteiger partial charge on any atom is 0.123 e. The molecule has 0 saturated carbocycles. The smallest absolute Gasteiger partial charge is 0.123 e. The minimum absolute atomic E-state index is 0.0736. The highest BCUT2D eigenvalue weighted by Crippen LogP contribution is 2.20. The Bertz CT molecular complexity index is 309. The Labute approximate surface area is 79.6 Å². The van der Waals surface area contributed by atoms with Crippen molar-refractivity contribution in [1.82, 2.24) is 0 Å². The molecule has 4 N–H and O–H groups in total. The van der Waals surface area contributed by atoms with Gasteiger partial charge in [-0.05, 0) is 34.1 Å². The zero-order chi connectivity index (χ0) is 9.14. The van der Waals surface area contributed by atoms with E-state index < -0.39 is 0 Å². The second-order valence-corrected chi connectivity index (χ2v) is 3.21. The Hall–Kier alpha value is -1.03. The van der Waals surface area contributed by atoms with Gasteiger partial charge in [0.25, 0.3) is 0 Å². The largest absolute Gasteiger partial charge is 0.388 e. The molecule has 0 unspecified atom stereocenters. The van der Waals surface area contributed by atoms with Crippen LogP contribution in [0, 0.1) is 5.41 Å². The highest BCUT2D eigenvalue weighted by atomic mass is 79.9. The maximum absolute atomic E-state index is 7.23. The predicted octanol–water partition coefficient (Wildman–Crippen LogP) is 1.77. The van der Waals surface area contributed by atoms with Crippen molar-refractivity contribution in [1.29, 1.82) is 5.41 Å². The average molecular weight is 228 g/mol. The molecule has 0 aliphatic heterocycles. The summed E-state index contributed by atoms with van der Waals surface area (Å²) in [6.45, 7) is 0. The summed E-state index contributed by atoms with van der Waals surface area (Å²) in [5.41, 5.74) is 7.05. The third-order valence-electron chi connectivity index (χ3n) is 1.55. The first-order chi connectivity index (χ1) is 5.65. The van der Waals surface area contributed by atoms with E-state index in [9.17, 15) is 0 Å². The molecule has 1 aromatic rings. The van der Waals surface area contributed by atoms with Crippen molar-refractivity contribution < 1.29 is 0 Å². The van der Waals surface area contributed by atoms with Crippen LogP contribution in [0.1, 0.15) is 5.56 Å². The maximum atomic E-state index is 7.23. The van der Waals surface area contributed by atoms with Crippen LogP contribution in [0.3, 0.4) is 0 Å². The summed E-state index contributed by atoms with van der Waals surface area (Å²) in [5, 5.41) is 10.2. The number of hydrogen-bond acceptors (Lipinski definition) is 2. The molecule has 0 aliphatic carbocycles. The second kappa shape index (κ2) is 3.58. The molecule has 0 heterocycles. The van der Waals surface area contributed by atoms with E-state index in [4.69, 9.17) is 11.1 Å². The number of rotatable bonds is 2. The molecule has 1 rings (SSSR count). The molecule has 0 saturated heterocycles. The quantitative estimate of drug-likeness (QED) is 0.533. The van der Waals surface area contributed by atoms with Crippen LogP contribution in [0.15, 0.2) is 22.7 Å². The molecule has 0 fully saturated rings. The van der Waals surface area contributed by atoms with Crippen LogP contribution in [0.2, 0.25) is 0 Å². The van der Waals surface area contributed by atoms with Crippen LogP contribution in [0.5, 0.6) is 0 Å². The van der Waals surface area contributed by atoms with Crippen molar-refractivity contribution >= 4 is 27.5 Å². The van der Waals surface area contributed by atoms with Gasteiger partial charge in [0, 0.05) is 22.8 Å². The minimum Gasteiger partial charge on any atom is -0.388 e. The standard InChI is InChI=1S/C8H10BrN3/c1-12-5-2-3-6(8(10)11)7(9)4-5/h2-4,12H,1H3,(H3,10,11). The van der Waals surface area contributed by atoms with Crippen LogP contribution >= 0.6 is 15.9 Å². The van der Waals surface area contributed by atoms with Gasteiger partial charge >= 0.3 is 0 Å². The molecule has 4 heteroatoms. The summed E-state index contributed by atoms with van der Waals surface area (Å²) in [4.78, 5) is 0. The fourth-order valence-electron chi connectivity index (χ4n) is 0.889. The van der Waals surface area contributed by atoms with Gasteiger partial charge in [0.2, 0.25) is 0 Å². The van der Waals surface area contributed by atoms with E-state index in [1.807, 2.05) is 19.2 Å². The predicted molar refractivity (Wildman–Crippen MR) is 54.7 cm³/mol. The van der Waals surface area contributed by atoms with E-state index >= 15 is 0 Å². The number of amidine groups is 1. The monoisotopic (exact) mass is 227 g/mol. The number of benzene rings is 1. The fraction of sp³-hybridized carbons (Fsp3) is 0.125. The van der Waals surface area contributed by atoms with Gasteiger partial charge in [0.05, 0.1) is 0 Å². The number of anilines is 1. The van der Waals surface area contributed by atoms with Crippen molar-refractivity contribution in [3.8, 4) is 0 Å². The summed E-state index contributed by atoms with van der Waals surface area (Å²) in [6.07, 6.45) is 0. The van der Waals surface area contributed by atoms with Gasteiger partial charge < -0.3 is 11.1 Å². The van der Waals surface area contributed by atoms with Crippen molar-refractivity contribution in [2.24, 2.45) is 5.73 Å². The summed E-state index contributed by atoms with van der Waals surface area (Å²) in [7, 11) is 1.84. The lowest BCUT2D eigenvalue weighted by Gasteiger charge is -2.04. The molecule has 3 nitrogen and oxygen atoms in total. The van der Waals surface area contributed by atoms with E-state index in [0.717, 1.165) is 10.2 Å². The molecule has 0 radical (unpaired) electrons. The van der Waals surface area contributed by atoms with Crippen LogP contribution in [0.25, 0.3) is 0 Å². The molecular weight excluding hydrogens is 218 g/mol. The van der Waals surface area contributed by atoms with Crippen LogP contribution in [-0.4, -0.2) is 12.9 Å². The molecule has 1 aromatic carbocycles. The van der Waals surface area contributed by atoms with E-state index in [2.05, 4.69) is 21.2 Å². The second-order valence-electron chi connectivity index (χ2n) is 2.36. The molecule has 0 aliphatic rings. The molecule has 12 heavy (non-hydrogen) atoms. The first-order valence-electron chi connectivity index (χ1n) is 3.47. The van der Waals surface area contributed by atoms with Crippen LogP contribution < -0.4 is 11.1 Å². The Morgan fingerprint density at radius 2 is 2.25 bits per heavy atom. The Morgan fingerprint density at radius 3 is 2.67 bits per heavy atom. The van der Waals surface area contributed by atoms with Gasteiger partial charge in [-0.3, -0.25) is 5.41 Å². The van der Waals surface area contributed by atoms with E-state index in [1.54, 1.807) is 6.07 Å². The van der Waals surface area contributed by atoms with Gasteiger partial charge in [-0.2, -0.15) is 0 Å². The minimum atomic E-state index is 0.0736. The lowest BCUT2D eigenvalue weighted by atomic mass is 10.2. The summed E-state index contributed by atoms with van der Waals surface area (Å²) < 4.78 is 0.835. The number of nitrogen functional groups attached to an aromatic ring is 1. The molecular formula is C8H10BrN3. The summed E-state index contributed by atoms with van der Waals surface area (Å²) in [6, 6.07) is 5.57. The van der Waals surface area contributed by atoms with Crippen LogP contribution in [-0.2, 0) is 0 Å². The molecule has 0 aromatic heterocycles. The van der Waals surface area contributed by atoms with E-state index in [0.29, 0.717) is 5.56 Å². The number of nitrogens with one attached hydrogen (secondary N) is 2. The summed E-state index contributed by atoms with van der Waals surface area (Å²) in [5.74, 6) is 0.0736. The third kappa shape index (κ3) is 1.76. The van der Waals surface area contributed by atoms with Gasteiger partial charge in [-0.1, -0.05) is 0 Å².